The van der Waals surface area contributed by atoms with E-state index in [0.717, 1.165) is 31.2 Å². The van der Waals surface area contributed by atoms with E-state index in [0.29, 0.717) is 5.56 Å². The molecule has 2 fully saturated rings. The topological polar surface area (TPSA) is 75.6 Å². The number of amides is 1. The molecular weight excluding hydrogens is 282 g/mol. The molecule has 5 heteroatoms. The monoisotopic (exact) mass is 303 g/mol. The van der Waals surface area contributed by atoms with E-state index < -0.39 is 5.97 Å². The fourth-order valence-electron chi connectivity index (χ4n) is 3.33. The van der Waals surface area contributed by atoms with Crippen LogP contribution in [0.3, 0.4) is 0 Å². The molecule has 1 aliphatic carbocycles. The summed E-state index contributed by atoms with van der Waals surface area (Å²) in [7, 11) is 0. The molecule has 0 spiro atoms. The lowest BCUT2D eigenvalue weighted by atomic mass is 9.74. The van der Waals surface area contributed by atoms with Crippen LogP contribution in [-0.2, 0) is 9.53 Å². The lowest BCUT2D eigenvalue weighted by Crippen LogP contribution is -2.47. The second-order valence-corrected chi connectivity index (χ2v) is 6.28. The van der Waals surface area contributed by atoms with Crippen molar-refractivity contribution in [3.05, 3.63) is 35.4 Å². The molecule has 1 saturated carbocycles. The first-order valence-electron chi connectivity index (χ1n) is 7.82. The minimum absolute atomic E-state index is 0.0284. The molecule has 2 unspecified atom stereocenters. The standard InChI is InChI=1S/C17H21NO4/c1-10-6-7-15(22-10)16(19)18-12-8-11(9-12)13-4-2-3-5-14(13)17(20)21/h2-5,10-12,15H,6-9H2,1H3,(H,18,19)(H,20,21). The van der Waals surface area contributed by atoms with E-state index >= 15 is 0 Å². The SMILES string of the molecule is CC1CCC(C(=O)NC2CC(c3ccccc3C(=O)O)C2)O1. The Kier molecular flexibility index (Phi) is 4.16. The average molecular weight is 303 g/mol. The molecule has 2 aliphatic rings. The Labute approximate surface area is 129 Å². The molecule has 0 radical (unpaired) electrons. The third kappa shape index (κ3) is 2.99. The summed E-state index contributed by atoms with van der Waals surface area (Å²) in [5.41, 5.74) is 1.23. The first kappa shape index (κ1) is 15.0. The van der Waals surface area contributed by atoms with E-state index in [4.69, 9.17) is 4.74 Å². The van der Waals surface area contributed by atoms with Crippen LogP contribution in [0.5, 0.6) is 0 Å². The van der Waals surface area contributed by atoms with Gasteiger partial charge in [0.2, 0.25) is 5.91 Å². The summed E-state index contributed by atoms with van der Waals surface area (Å²) in [5.74, 6) is -0.711. The van der Waals surface area contributed by atoms with Crippen molar-refractivity contribution in [2.75, 3.05) is 0 Å². The quantitative estimate of drug-likeness (QED) is 0.895. The maximum absolute atomic E-state index is 12.1. The van der Waals surface area contributed by atoms with E-state index in [-0.39, 0.29) is 30.1 Å². The molecule has 2 N–H and O–H groups in total. The van der Waals surface area contributed by atoms with Crippen molar-refractivity contribution >= 4 is 11.9 Å². The predicted molar refractivity (Wildman–Crippen MR) is 80.9 cm³/mol. The van der Waals surface area contributed by atoms with E-state index in [1.54, 1.807) is 12.1 Å². The Balaban J connectivity index is 1.54. The molecule has 3 rings (SSSR count). The van der Waals surface area contributed by atoms with Crippen LogP contribution in [0.25, 0.3) is 0 Å². The molecular formula is C17H21NO4. The van der Waals surface area contributed by atoms with Crippen LogP contribution in [0.4, 0.5) is 0 Å². The number of ether oxygens (including phenoxy) is 1. The Hall–Kier alpha value is -1.88. The van der Waals surface area contributed by atoms with Gasteiger partial charge in [-0.3, -0.25) is 4.79 Å². The third-order valence-corrected chi connectivity index (χ3v) is 4.64. The van der Waals surface area contributed by atoms with Gasteiger partial charge in [-0.05, 0) is 50.2 Å². The van der Waals surface area contributed by atoms with Gasteiger partial charge in [0, 0.05) is 6.04 Å². The fraction of sp³-hybridized carbons (Fsp3) is 0.529. The third-order valence-electron chi connectivity index (χ3n) is 4.64. The second kappa shape index (κ2) is 6.08. The zero-order chi connectivity index (χ0) is 15.7. The minimum Gasteiger partial charge on any atom is -0.478 e. The van der Waals surface area contributed by atoms with Gasteiger partial charge in [-0.15, -0.1) is 0 Å². The van der Waals surface area contributed by atoms with Crippen LogP contribution >= 0.6 is 0 Å². The molecule has 1 aromatic carbocycles. The molecule has 5 nitrogen and oxygen atoms in total. The highest BCUT2D eigenvalue weighted by Gasteiger charge is 2.36. The van der Waals surface area contributed by atoms with Gasteiger partial charge >= 0.3 is 5.97 Å². The normalized spacial score (nSPS) is 30.6. The first-order valence-corrected chi connectivity index (χ1v) is 7.82. The van der Waals surface area contributed by atoms with Crippen molar-refractivity contribution in [1.82, 2.24) is 5.32 Å². The molecule has 2 atom stereocenters. The molecule has 22 heavy (non-hydrogen) atoms. The molecule has 1 aliphatic heterocycles. The summed E-state index contributed by atoms with van der Waals surface area (Å²) in [6, 6.07) is 7.23. The molecule has 1 heterocycles. The summed E-state index contributed by atoms with van der Waals surface area (Å²) in [6.07, 6.45) is 3.13. The molecule has 1 saturated heterocycles. The number of aromatic carboxylic acids is 1. The van der Waals surface area contributed by atoms with Crippen LogP contribution in [0.1, 0.15) is 54.4 Å². The molecule has 0 bridgehead atoms. The van der Waals surface area contributed by atoms with Crippen molar-refractivity contribution in [3.63, 3.8) is 0 Å². The van der Waals surface area contributed by atoms with Crippen molar-refractivity contribution in [3.8, 4) is 0 Å². The molecule has 1 amide bonds. The number of carboxylic acid groups (broad SMARTS) is 1. The van der Waals surface area contributed by atoms with Gasteiger partial charge in [0.25, 0.3) is 0 Å². The predicted octanol–water partition coefficient (Wildman–Crippen LogP) is 2.31. The van der Waals surface area contributed by atoms with Crippen molar-refractivity contribution in [1.29, 1.82) is 0 Å². The maximum atomic E-state index is 12.1. The summed E-state index contributed by atoms with van der Waals surface area (Å²) in [5, 5.41) is 12.2. The zero-order valence-electron chi connectivity index (χ0n) is 12.6. The Morgan fingerprint density at radius 2 is 1.95 bits per heavy atom. The maximum Gasteiger partial charge on any atom is 0.335 e. The number of carbonyl (C=O) groups is 2. The second-order valence-electron chi connectivity index (χ2n) is 6.28. The average Bonchev–Trinajstić information content (AvgIpc) is 2.89. The van der Waals surface area contributed by atoms with E-state index in [9.17, 15) is 14.7 Å². The van der Waals surface area contributed by atoms with Gasteiger partial charge in [-0.25, -0.2) is 4.79 Å². The lowest BCUT2D eigenvalue weighted by Gasteiger charge is -2.37. The summed E-state index contributed by atoms with van der Waals surface area (Å²) >= 11 is 0. The van der Waals surface area contributed by atoms with Gasteiger partial charge in [-0.2, -0.15) is 0 Å². The van der Waals surface area contributed by atoms with Crippen molar-refractivity contribution < 1.29 is 19.4 Å². The highest BCUT2D eigenvalue weighted by atomic mass is 16.5. The van der Waals surface area contributed by atoms with Crippen molar-refractivity contribution in [2.45, 2.75) is 56.8 Å². The van der Waals surface area contributed by atoms with Crippen LogP contribution in [0.15, 0.2) is 24.3 Å². The van der Waals surface area contributed by atoms with E-state index in [2.05, 4.69) is 5.32 Å². The van der Waals surface area contributed by atoms with Gasteiger partial charge < -0.3 is 15.2 Å². The number of carbonyl (C=O) groups excluding carboxylic acids is 1. The fourth-order valence-corrected chi connectivity index (χ4v) is 3.33. The summed E-state index contributed by atoms with van der Waals surface area (Å²) in [4.78, 5) is 23.3. The Morgan fingerprint density at radius 3 is 2.59 bits per heavy atom. The largest absolute Gasteiger partial charge is 0.478 e. The van der Waals surface area contributed by atoms with Crippen LogP contribution in [-0.4, -0.2) is 35.2 Å². The van der Waals surface area contributed by atoms with Crippen LogP contribution < -0.4 is 5.32 Å². The highest BCUT2D eigenvalue weighted by Crippen LogP contribution is 2.38. The van der Waals surface area contributed by atoms with Gasteiger partial charge in [0.15, 0.2) is 0 Å². The Bertz CT molecular complexity index is 580. The number of benzene rings is 1. The lowest BCUT2D eigenvalue weighted by molar-refractivity contribution is -0.133. The number of carboxylic acids is 1. The van der Waals surface area contributed by atoms with Gasteiger partial charge in [0.05, 0.1) is 11.7 Å². The van der Waals surface area contributed by atoms with Crippen LogP contribution in [0, 0.1) is 0 Å². The zero-order valence-corrected chi connectivity index (χ0v) is 12.6. The minimum atomic E-state index is -0.892. The van der Waals surface area contributed by atoms with Crippen molar-refractivity contribution in [2.24, 2.45) is 0 Å². The van der Waals surface area contributed by atoms with E-state index in [1.807, 2.05) is 19.1 Å². The number of nitrogens with one attached hydrogen (secondary N) is 1. The van der Waals surface area contributed by atoms with E-state index in [1.165, 1.54) is 0 Å². The van der Waals surface area contributed by atoms with Crippen LogP contribution in [0.2, 0.25) is 0 Å². The molecule has 0 aromatic heterocycles. The number of hydrogen-bond donors (Lipinski definition) is 2. The van der Waals surface area contributed by atoms with Gasteiger partial charge in [-0.1, -0.05) is 18.2 Å². The smallest absolute Gasteiger partial charge is 0.335 e. The molecule has 118 valence electrons. The summed E-state index contributed by atoms with van der Waals surface area (Å²) < 4.78 is 5.56. The number of rotatable bonds is 4. The number of hydrogen-bond acceptors (Lipinski definition) is 3. The first-order chi connectivity index (χ1) is 10.5. The molecule has 1 aromatic rings. The van der Waals surface area contributed by atoms with Gasteiger partial charge in [0.1, 0.15) is 6.10 Å². The summed E-state index contributed by atoms with van der Waals surface area (Å²) in [6.45, 7) is 1.98. The highest BCUT2D eigenvalue weighted by molar-refractivity contribution is 5.89. The Morgan fingerprint density at radius 1 is 1.23 bits per heavy atom.